The van der Waals surface area contributed by atoms with Crippen LogP contribution in [-0.4, -0.2) is 0 Å². The highest BCUT2D eigenvalue weighted by Gasteiger charge is 2.24. The zero-order valence-electron chi connectivity index (χ0n) is 13.7. The number of benzene rings is 1. The molecule has 1 unspecified atom stereocenters. The smallest absolute Gasteiger partial charge is 0.0326 e. The third-order valence-corrected chi connectivity index (χ3v) is 4.92. The van der Waals surface area contributed by atoms with Crippen LogP contribution in [0.3, 0.4) is 0 Å². The fraction of sp³-hybridized carbons (Fsp3) is 0.684. The molecule has 112 valence electrons. The van der Waals surface area contributed by atoms with Crippen LogP contribution in [0.25, 0.3) is 0 Å². The monoisotopic (exact) mass is 273 g/mol. The second-order valence-electron chi connectivity index (χ2n) is 7.12. The number of hydrogen-bond acceptors (Lipinski definition) is 1. The Kier molecular flexibility index (Phi) is 5.26. The fourth-order valence-corrected chi connectivity index (χ4v) is 3.50. The summed E-state index contributed by atoms with van der Waals surface area (Å²) < 4.78 is 0. The van der Waals surface area contributed by atoms with E-state index in [1.807, 2.05) is 0 Å². The highest BCUT2D eigenvalue weighted by molar-refractivity contribution is 5.37. The summed E-state index contributed by atoms with van der Waals surface area (Å²) in [4.78, 5) is 0. The lowest BCUT2D eigenvalue weighted by atomic mass is 9.78. The molecule has 2 rings (SSSR count). The zero-order chi connectivity index (χ0) is 14.7. The third-order valence-electron chi connectivity index (χ3n) is 4.92. The van der Waals surface area contributed by atoms with Crippen molar-refractivity contribution in [2.75, 3.05) is 0 Å². The van der Waals surface area contributed by atoms with Crippen molar-refractivity contribution in [1.29, 1.82) is 0 Å². The number of hydrogen-bond donors (Lipinski definition) is 1. The molecule has 0 aromatic heterocycles. The van der Waals surface area contributed by atoms with E-state index in [0.29, 0.717) is 17.8 Å². The molecule has 1 aromatic carbocycles. The van der Waals surface area contributed by atoms with Gasteiger partial charge in [-0.15, -0.1) is 0 Å². The Balaban J connectivity index is 2.29. The minimum atomic E-state index is 0.230. The van der Waals surface area contributed by atoms with Crippen LogP contribution in [0.1, 0.15) is 94.4 Å². The van der Waals surface area contributed by atoms with Crippen LogP contribution in [-0.2, 0) is 0 Å². The summed E-state index contributed by atoms with van der Waals surface area (Å²) in [6.45, 7) is 9.10. The Morgan fingerprint density at radius 3 is 2.10 bits per heavy atom. The molecule has 1 saturated carbocycles. The molecule has 0 bridgehead atoms. The van der Waals surface area contributed by atoms with Gasteiger partial charge in [-0.25, -0.2) is 0 Å². The van der Waals surface area contributed by atoms with Gasteiger partial charge in [0, 0.05) is 6.04 Å². The summed E-state index contributed by atoms with van der Waals surface area (Å²) in [5, 5.41) is 0. The molecular formula is C19H31N. The summed E-state index contributed by atoms with van der Waals surface area (Å²) in [6.07, 6.45) is 6.74. The van der Waals surface area contributed by atoms with Crippen molar-refractivity contribution in [3.8, 4) is 0 Å². The second kappa shape index (κ2) is 6.76. The highest BCUT2D eigenvalue weighted by Crippen LogP contribution is 2.36. The SMILES string of the molecule is CC(C)c1ccc(C(N)C2CCCCC2)c(C(C)C)c1. The van der Waals surface area contributed by atoms with Crippen LogP contribution in [0.2, 0.25) is 0 Å². The maximum absolute atomic E-state index is 6.63. The zero-order valence-corrected chi connectivity index (χ0v) is 13.7. The molecule has 1 aliphatic rings. The van der Waals surface area contributed by atoms with E-state index in [1.165, 1.54) is 48.8 Å². The van der Waals surface area contributed by atoms with E-state index < -0.39 is 0 Å². The van der Waals surface area contributed by atoms with Crippen LogP contribution >= 0.6 is 0 Å². The molecule has 0 heterocycles. The fourth-order valence-electron chi connectivity index (χ4n) is 3.50. The lowest BCUT2D eigenvalue weighted by Gasteiger charge is -2.30. The van der Waals surface area contributed by atoms with E-state index in [4.69, 9.17) is 5.73 Å². The Hall–Kier alpha value is -0.820. The molecule has 0 aliphatic heterocycles. The quantitative estimate of drug-likeness (QED) is 0.768. The molecule has 0 radical (unpaired) electrons. The molecule has 2 N–H and O–H groups in total. The Morgan fingerprint density at radius 2 is 1.55 bits per heavy atom. The van der Waals surface area contributed by atoms with Crippen molar-refractivity contribution in [3.05, 3.63) is 34.9 Å². The summed E-state index contributed by atoms with van der Waals surface area (Å²) in [5.74, 6) is 1.83. The standard InChI is InChI=1S/C19H31N/c1-13(2)16-10-11-17(18(12-16)14(3)4)19(20)15-8-6-5-7-9-15/h10-15,19H,5-9,20H2,1-4H3. The first-order valence-corrected chi connectivity index (χ1v) is 8.40. The molecule has 1 heteroatoms. The number of rotatable bonds is 4. The lowest BCUT2D eigenvalue weighted by Crippen LogP contribution is -2.25. The largest absolute Gasteiger partial charge is 0.324 e. The minimum absolute atomic E-state index is 0.230. The Morgan fingerprint density at radius 1 is 0.900 bits per heavy atom. The van der Waals surface area contributed by atoms with E-state index >= 15 is 0 Å². The lowest BCUT2D eigenvalue weighted by molar-refractivity contribution is 0.307. The average molecular weight is 273 g/mol. The van der Waals surface area contributed by atoms with E-state index in [9.17, 15) is 0 Å². The summed E-state index contributed by atoms with van der Waals surface area (Å²) >= 11 is 0. The van der Waals surface area contributed by atoms with Crippen molar-refractivity contribution in [2.45, 2.75) is 77.7 Å². The predicted octanol–water partition coefficient (Wildman–Crippen LogP) is 5.51. The maximum Gasteiger partial charge on any atom is 0.0326 e. The van der Waals surface area contributed by atoms with Crippen LogP contribution in [0.5, 0.6) is 0 Å². The molecule has 1 fully saturated rings. The van der Waals surface area contributed by atoms with Gasteiger partial charge in [0.1, 0.15) is 0 Å². The van der Waals surface area contributed by atoms with E-state index in [-0.39, 0.29) is 6.04 Å². The molecule has 1 aliphatic carbocycles. The van der Waals surface area contributed by atoms with Gasteiger partial charge in [0.2, 0.25) is 0 Å². The van der Waals surface area contributed by atoms with Gasteiger partial charge in [-0.3, -0.25) is 0 Å². The molecule has 1 aromatic rings. The Labute approximate surface area is 125 Å². The van der Waals surface area contributed by atoms with Gasteiger partial charge >= 0.3 is 0 Å². The van der Waals surface area contributed by atoms with Gasteiger partial charge in [0.25, 0.3) is 0 Å². The first-order chi connectivity index (χ1) is 9.50. The molecule has 20 heavy (non-hydrogen) atoms. The van der Waals surface area contributed by atoms with Gasteiger partial charge in [-0.1, -0.05) is 65.2 Å². The second-order valence-corrected chi connectivity index (χ2v) is 7.12. The van der Waals surface area contributed by atoms with E-state index in [0.717, 1.165) is 0 Å². The van der Waals surface area contributed by atoms with Crippen molar-refractivity contribution in [1.82, 2.24) is 0 Å². The van der Waals surface area contributed by atoms with Crippen LogP contribution in [0, 0.1) is 5.92 Å². The number of nitrogens with two attached hydrogens (primary N) is 1. The molecular weight excluding hydrogens is 242 g/mol. The molecule has 0 spiro atoms. The normalized spacial score (nSPS) is 18.8. The van der Waals surface area contributed by atoms with Crippen molar-refractivity contribution < 1.29 is 0 Å². The van der Waals surface area contributed by atoms with Gasteiger partial charge in [0.15, 0.2) is 0 Å². The van der Waals surface area contributed by atoms with Crippen LogP contribution < -0.4 is 5.73 Å². The first-order valence-electron chi connectivity index (χ1n) is 8.40. The summed E-state index contributed by atoms with van der Waals surface area (Å²) in [6, 6.07) is 7.22. The molecule has 1 nitrogen and oxygen atoms in total. The third kappa shape index (κ3) is 3.44. The van der Waals surface area contributed by atoms with Crippen molar-refractivity contribution >= 4 is 0 Å². The van der Waals surface area contributed by atoms with Gasteiger partial charge in [-0.05, 0) is 47.3 Å². The molecule has 0 saturated heterocycles. The van der Waals surface area contributed by atoms with Gasteiger partial charge in [0.05, 0.1) is 0 Å². The van der Waals surface area contributed by atoms with Crippen LogP contribution in [0.15, 0.2) is 18.2 Å². The van der Waals surface area contributed by atoms with E-state index in [2.05, 4.69) is 45.9 Å². The average Bonchev–Trinajstić information content (AvgIpc) is 2.46. The topological polar surface area (TPSA) is 26.0 Å². The Bertz CT molecular complexity index is 427. The van der Waals surface area contributed by atoms with E-state index in [1.54, 1.807) is 0 Å². The first kappa shape index (κ1) is 15.6. The highest BCUT2D eigenvalue weighted by atomic mass is 14.7. The predicted molar refractivity (Wildman–Crippen MR) is 88.1 cm³/mol. The van der Waals surface area contributed by atoms with Crippen molar-refractivity contribution in [3.63, 3.8) is 0 Å². The summed E-state index contributed by atoms with van der Waals surface area (Å²) in [5.41, 5.74) is 10.9. The maximum atomic E-state index is 6.63. The summed E-state index contributed by atoms with van der Waals surface area (Å²) in [7, 11) is 0. The van der Waals surface area contributed by atoms with Gasteiger partial charge in [-0.2, -0.15) is 0 Å². The molecule has 1 atom stereocenters. The minimum Gasteiger partial charge on any atom is -0.324 e. The van der Waals surface area contributed by atoms with Gasteiger partial charge < -0.3 is 5.73 Å². The molecule has 0 amide bonds. The van der Waals surface area contributed by atoms with Crippen molar-refractivity contribution in [2.24, 2.45) is 11.7 Å². The van der Waals surface area contributed by atoms with Crippen LogP contribution in [0.4, 0.5) is 0 Å².